The van der Waals surface area contributed by atoms with Crippen molar-refractivity contribution in [3.8, 4) is 0 Å². The lowest BCUT2D eigenvalue weighted by Gasteiger charge is -2.24. The minimum Gasteiger partial charge on any atom is -0.392 e. The third-order valence-electron chi connectivity index (χ3n) is 3.60. The first-order valence-electron chi connectivity index (χ1n) is 6.38. The predicted octanol–water partition coefficient (Wildman–Crippen LogP) is 2.06. The van der Waals surface area contributed by atoms with Crippen LogP contribution >= 0.6 is 0 Å². The summed E-state index contributed by atoms with van der Waals surface area (Å²) in [6.07, 6.45) is 2.25. The maximum atomic E-state index is 13.9. The molecule has 0 amide bonds. The maximum Gasteiger partial charge on any atom is 0.146 e. The van der Waals surface area contributed by atoms with Crippen molar-refractivity contribution in [2.45, 2.75) is 38.4 Å². The van der Waals surface area contributed by atoms with Gasteiger partial charge in [-0.3, -0.25) is 0 Å². The average molecular weight is 253 g/mol. The van der Waals surface area contributed by atoms with Crippen LogP contribution in [0.3, 0.4) is 0 Å². The van der Waals surface area contributed by atoms with Crippen LogP contribution in [0.1, 0.15) is 31.7 Å². The molecule has 2 N–H and O–H groups in total. The van der Waals surface area contributed by atoms with Gasteiger partial charge < -0.3 is 15.1 Å². The van der Waals surface area contributed by atoms with E-state index < -0.39 is 5.60 Å². The van der Waals surface area contributed by atoms with Gasteiger partial charge in [0, 0.05) is 13.1 Å². The van der Waals surface area contributed by atoms with Gasteiger partial charge in [0.15, 0.2) is 0 Å². The highest BCUT2D eigenvalue weighted by Gasteiger charge is 2.25. The van der Waals surface area contributed by atoms with Crippen molar-refractivity contribution in [3.05, 3.63) is 29.6 Å². The van der Waals surface area contributed by atoms with Gasteiger partial charge in [-0.15, -0.1) is 0 Å². The molecule has 1 aliphatic rings. The third kappa shape index (κ3) is 3.00. The molecule has 1 aromatic rings. The first kappa shape index (κ1) is 13.3. The molecular weight excluding hydrogens is 233 g/mol. The van der Waals surface area contributed by atoms with E-state index in [0.29, 0.717) is 24.2 Å². The molecule has 0 radical (unpaired) electrons. The average Bonchev–Trinajstić information content (AvgIpc) is 2.50. The Morgan fingerprint density at radius 3 is 2.78 bits per heavy atom. The summed E-state index contributed by atoms with van der Waals surface area (Å²) < 4.78 is 13.9. The van der Waals surface area contributed by atoms with E-state index >= 15 is 0 Å². The highest BCUT2D eigenvalue weighted by atomic mass is 19.1. The van der Waals surface area contributed by atoms with Crippen LogP contribution in [0.4, 0.5) is 10.1 Å². The number of anilines is 1. The SMILES string of the molecule is CC1(O)CCCN(c2ccc(CO)cc2F)CC1. The van der Waals surface area contributed by atoms with E-state index in [1.807, 2.05) is 11.8 Å². The molecule has 1 aliphatic heterocycles. The number of hydrogen-bond donors (Lipinski definition) is 2. The standard InChI is InChI=1S/C14H20FNO2/c1-14(18)5-2-7-16(8-6-14)13-4-3-11(10-17)9-12(13)15/h3-4,9,17-18H,2,5-8,10H2,1H3. The molecule has 0 aromatic heterocycles. The fourth-order valence-corrected chi connectivity index (χ4v) is 2.41. The number of benzene rings is 1. The normalized spacial score (nSPS) is 25.0. The molecule has 0 saturated carbocycles. The smallest absolute Gasteiger partial charge is 0.146 e. The molecule has 1 heterocycles. The molecule has 1 aromatic carbocycles. The molecule has 0 bridgehead atoms. The molecule has 0 spiro atoms. The fourth-order valence-electron chi connectivity index (χ4n) is 2.41. The van der Waals surface area contributed by atoms with E-state index in [1.54, 1.807) is 12.1 Å². The second-order valence-corrected chi connectivity index (χ2v) is 5.28. The number of halogens is 1. The van der Waals surface area contributed by atoms with Crippen molar-refractivity contribution >= 4 is 5.69 Å². The summed E-state index contributed by atoms with van der Waals surface area (Å²) in [5.41, 5.74) is 0.499. The minimum atomic E-state index is -0.643. The Hall–Kier alpha value is -1.13. The second kappa shape index (κ2) is 5.24. The number of rotatable bonds is 2. The van der Waals surface area contributed by atoms with Crippen LogP contribution in [-0.2, 0) is 6.61 Å². The van der Waals surface area contributed by atoms with E-state index in [0.717, 1.165) is 19.4 Å². The number of aliphatic hydroxyl groups excluding tert-OH is 1. The van der Waals surface area contributed by atoms with Crippen LogP contribution in [0.25, 0.3) is 0 Å². The van der Waals surface area contributed by atoms with Gasteiger partial charge in [-0.05, 0) is 43.9 Å². The fraction of sp³-hybridized carbons (Fsp3) is 0.571. The molecule has 4 heteroatoms. The lowest BCUT2D eigenvalue weighted by atomic mass is 9.98. The van der Waals surface area contributed by atoms with Crippen LogP contribution in [-0.4, -0.2) is 28.9 Å². The molecule has 1 atom stereocenters. The molecule has 3 nitrogen and oxygen atoms in total. The molecule has 2 rings (SSSR count). The van der Waals surface area contributed by atoms with E-state index in [4.69, 9.17) is 5.11 Å². The van der Waals surface area contributed by atoms with Gasteiger partial charge in [0.25, 0.3) is 0 Å². The Bertz CT molecular complexity index is 420. The zero-order chi connectivity index (χ0) is 13.2. The van der Waals surface area contributed by atoms with Crippen molar-refractivity contribution < 1.29 is 14.6 Å². The van der Waals surface area contributed by atoms with Gasteiger partial charge >= 0.3 is 0 Å². The van der Waals surface area contributed by atoms with E-state index in [9.17, 15) is 9.50 Å². The number of aliphatic hydroxyl groups is 2. The van der Waals surface area contributed by atoms with Gasteiger partial charge in [-0.25, -0.2) is 4.39 Å². The minimum absolute atomic E-state index is 0.147. The summed E-state index contributed by atoms with van der Waals surface area (Å²) in [4.78, 5) is 1.97. The number of nitrogens with zero attached hydrogens (tertiary/aromatic N) is 1. The molecule has 0 aliphatic carbocycles. The molecule has 1 fully saturated rings. The van der Waals surface area contributed by atoms with E-state index in [2.05, 4.69) is 0 Å². The highest BCUT2D eigenvalue weighted by molar-refractivity contribution is 5.49. The third-order valence-corrected chi connectivity index (χ3v) is 3.60. The van der Waals surface area contributed by atoms with Crippen LogP contribution in [0.2, 0.25) is 0 Å². The summed E-state index contributed by atoms with van der Waals surface area (Å²) in [7, 11) is 0. The first-order valence-corrected chi connectivity index (χ1v) is 6.38. The van der Waals surface area contributed by atoms with Gasteiger partial charge in [-0.2, -0.15) is 0 Å². The summed E-state index contributed by atoms with van der Waals surface area (Å²) in [6, 6.07) is 4.82. The molecular formula is C14H20FNO2. The van der Waals surface area contributed by atoms with Crippen molar-refractivity contribution in [3.63, 3.8) is 0 Å². The van der Waals surface area contributed by atoms with Crippen molar-refractivity contribution in [2.75, 3.05) is 18.0 Å². The Morgan fingerprint density at radius 2 is 2.11 bits per heavy atom. The van der Waals surface area contributed by atoms with Crippen LogP contribution in [0.15, 0.2) is 18.2 Å². The predicted molar refractivity (Wildman–Crippen MR) is 69.0 cm³/mol. The number of hydrogen-bond acceptors (Lipinski definition) is 3. The summed E-state index contributed by atoms with van der Waals surface area (Å²) in [5.74, 6) is -0.303. The van der Waals surface area contributed by atoms with Crippen molar-refractivity contribution in [2.24, 2.45) is 0 Å². The molecule has 1 unspecified atom stereocenters. The Morgan fingerprint density at radius 1 is 1.33 bits per heavy atom. The Balaban J connectivity index is 2.16. The highest BCUT2D eigenvalue weighted by Crippen LogP contribution is 2.27. The van der Waals surface area contributed by atoms with Gasteiger partial charge in [-0.1, -0.05) is 6.07 Å². The first-order chi connectivity index (χ1) is 8.52. The van der Waals surface area contributed by atoms with Crippen molar-refractivity contribution in [1.82, 2.24) is 0 Å². The van der Waals surface area contributed by atoms with Gasteiger partial charge in [0.1, 0.15) is 5.82 Å². The zero-order valence-corrected chi connectivity index (χ0v) is 10.7. The maximum absolute atomic E-state index is 13.9. The zero-order valence-electron chi connectivity index (χ0n) is 10.7. The van der Waals surface area contributed by atoms with E-state index in [-0.39, 0.29) is 12.4 Å². The summed E-state index contributed by atoms with van der Waals surface area (Å²) in [5, 5.41) is 19.0. The van der Waals surface area contributed by atoms with Crippen LogP contribution in [0.5, 0.6) is 0 Å². The van der Waals surface area contributed by atoms with Crippen LogP contribution < -0.4 is 4.90 Å². The largest absolute Gasteiger partial charge is 0.392 e. The van der Waals surface area contributed by atoms with Crippen LogP contribution in [0, 0.1) is 5.82 Å². The quantitative estimate of drug-likeness (QED) is 0.848. The lowest BCUT2D eigenvalue weighted by molar-refractivity contribution is 0.0481. The van der Waals surface area contributed by atoms with Crippen molar-refractivity contribution in [1.29, 1.82) is 0 Å². The monoisotopic (exact) mass is 253 g/mol. The second-order valence-electron chi connectivity index (χ2n) is 5.28. The topological polar surface area (TPSA) is 43.7 Å². The molecule has 18 heavy (non-hydrogen) atoms. The lowest BCUT2D eigenvalue weighted by Crippen LogP contribution is -2.28. The summed E-state index contributed by atoms with van der Waals surface area (Å²) >= 11 is 0. The van der Waals surface area contributed by atoms with Gasteiger partial charge in [0.2, 0.25) is 0 Å². The van der Waals surface area contributed by atoms with Gasteiger partial charge in [0.05, 0.1) is 17.9 Å². The Kier molecular flexibility index (Phi) is 3.88. The Labute approximate surface area is 107 Å². The van der Waals surface area contributed by atoms with E-state index in [1.165, 1.54) is 6.07 Å². The molecule has 1 saturated heterocycles. The summed E-state index contributed by atoms with van der Waals surface area (Å²) in [6.45, 7) is 3.10. The molecule has 100 valence electrons.